The molecule has 1 saturated heterocycles. The second-order valence-electron chi connectivity index (χ2n) is 6.34. The fourth-order valence-corrected chi connectivity index (χ4v) is 3.15. The summed E-state index contributed by atoms with van der Waals surface area (Å²) in [6.45, 7) is 3.06. The van der Waals surface area contributed by atoms with Gasteiger partial charge in [0.05, 0.1) is 13.0 Å². The number of hydrogen-bond acceptors (Lipinski definition) is 3. The van der Waals surface area contributed by atoms with Crippen molar-refractivity contribution in [1.29, 1.82) is 0 Å². The average Bonchev–Trinajstić information content (AvgIpc) is 2.55. The average molecular weight is 319 g/mol. The summed E-state index contributed by atoms with van der Waals surface area (Å²) in [7, 11) is 1.65. The van der Waals surface area contributed by atoms with Gasteiger partial charge in [-0.1, -0.05) is 25.1 Å². The van der Waals surface area contributed by atoms with E-state index in [1.165, 1.54) is 0 Å². The van der Waals surface area contributed by atoms with Gasteiger partial charge in [-0.3, -0.25) is 9.59 Å². The van der Waals surface area contributed by atoms with Gasteiger partial charge in [0.15, 0.2) is 0 Å². The van der Waals surface area contributed by atoms with Gasteiger partial charge in [0.1, 0.15) is 5.75 Å². The van der Waals surface area contributed by atoms with Crippen LogP contribution in [0.2, 0.25) is 0 Å². The van der Waals surface area contributed by atoms with E-state index in [0.717, 1.165) is 24.2 Å². The number of para-hydroxylation sites is 1. The maximum absolute atomic E-state index is 12.4. The Balaban J connectivity index is 1.90. The fourth-order valence-electron chi connectivity index (χ4n) is 3.15. The van der Waals surface area contributed by atoms with E-state index in [-0.39, 0.29) is 11.8 Å². The van der Waals surface area contributed by atoms with Crippen molar-refractivity contribution in [3.8, 4) is 5.75 Å². The first-order valence-corrected chi connectivity index (χ1v) is 8.13. The highest BCUT2D eigenvalue weighted by molar-refractivity contribution is 5.78. The molecular formula is C18H25NO4. The molecule has 1 amide bonds. The first-order chi connectivity index (χ1) is 11.0. The van der Waals surface area contributed by atoms with Crippen LogP contribution < -0.4 is 4.74 Å². The number of rotatable bonds is 6. The molecule has 1 N–H and O–H groups in total. The Morgan fingerprint density at radius 3 is 2.83 bits per heavy atom. The summed E-state index contributed by atoms with van der Waals surface area (Å²) in [6, 6.07) is 7.83. The van der Waals surface area contributed by atoms with E-state index in [9.17, 15) is 9.59 Å². The van der Waals surface area contributed by atoms with Gasteiger partial charge in [-0.25, -0.2) is 0 Å². The summed E-state index contributed by atoms with van der Waals surface area (Å²) in [4.78, 5) is 25.2. The summed E-state index contributed by atoms with van der Waals surface area (Å²) in [5.74, 6) is -0.139. The van der Waals surface area contributed by atoms with Gasteiger partial charge in [-0.05, 0) is 36.8 Å². The van der Waals surface area contributed by atoms with E-state index in [4.69, 9.17) is 9.84 Å². The number of ether oxygens (including phenoxy) is 1. The number of aliphatic carboxylic acids is 1. The van der Waals surface area contributed by atoms with Crippen LogP contribution in [-0.4, -0.2) is 42.1 Å². The van der Waals surface area contributed by atoms with Crippen molar-refractivity contribution in [3.05, 3.63) is 29.8 Å². The number of benzene rings is 1. The highest BCUT2D eigenvalue weighted by Crippen LogP contribution is 2.23. The molecule has 23 heavy (non-hydrogen) atoms. The number of amides is 1. The summed E-state index contributed by atoms with van der Waals surface area (Å²) < 4.78 is 5.35. The monoisotopic (exact) mass is 319 g/mol. The number of carboxylic acid groups (broad SMARTS) is 1. The lowest BCUT2D eigenvalue weighted by Gasteiger charge is -2.31. The van der Waals surface area contributed by atoms with Gasteiger partial charge in [-0.15, -0.1) is 0 Å². The Labute approximate surface area is 137 Å². The summed E-state index contributed by atoms with van der Waals surface area (Å²) in [6.07, 6.45) is 2.63. The maximum atomic E-state index is 12.4. The molecule has 0 aromatic heterocycles. The second-order valence-corrected chi connectivity index (χ2v) is 6.34. The lowest BCUT2D eigenvalue weighted by molar-refractivity contribution is -0.145. The minimum atomic E-state index is -0.801. The summed E-state index contributed by atoms with van der Waals surface area (Å²) >= 11 is 0. The van der Waals surface area contributed by atoms with Gasteiger partial charge >= 0.3 is 5.97 Å². The molecule has 1 heterocycles. The predicted octanol–water partition coefficient (Wildman–Crippen LogP) is 2.59. The molecule has 0 radical (unpaired) electrons. The second kappa shape index (κ2) is 7.99. The first kappa shape index (κ1) is 17.3. The van der Waals surface area contributed by atoms with Crippen molar-refractivity contribution in [2.75, 3.05) is 20.2 Å². The fraction of sp³-hybridized carbons (Fsp3) is 0.556. The zero-order valence-electron chi connectivity index (χ0n) is 13.8. The summed E-state index contributed by atoms with van der Waals surface area (Å²) in [5.41, 5.74) is 1.09. The van der Waals surface area contributed by atoms with Gasteiger partial charge in [0.25, 0.3) is 0 Å². The number of carbonyl (C=O) groups excluding carboxylic acids is 1. The molecule has 0 unspecified atom stereocenters. The number of piperidine rings is 1. The Kier molecular flexibility index (Phi) is 6.02. The molecule has 0 saturated carbocycles. The molecule has 0 aliphatic carbocycles. The third-order valence-corrected chi connectivity index (χ3v) is 4.41. The largest absolute Gasteiger partial charge is 0.496 e. The SMILES string of the molecule is COc1ccccc1C[C@H](C)CC(=O)N1CCC[C@H](C(=O)O)C1. The Morgan fingerprint density at radius 2 is 2.13 bits per heavy atom. The van der Waals surface area contributed by atoms with Crippen LogP contribution in [0.5, 0.6) is 5.75 Å². The summed E-state index contributed by atoms with van der Waals surface area (Å²) in [5, 5.41) is 9.12. The van der Waals surface area contributed by atoms with Crippen molar-refractivity contribution in [2.45, 2.75) is 32.6 Å². The van der Waals surface area contributed by atoms with E-state index in [1.807, 2.05) is 31.2 Å². The molecule has 0 spiro atoms. The number of methoxy groups -OCH3 is 1. The standard InChI is InChI=1S/C18H25NO4/c1-13(10-14-6-3-4-8-16(14)23-2)11-17(20)19-9-5-7-15(12-19)18(21)22/h3-4,6,8,13,15H,5,7,9-12H2,1-2H3,(H,21,22)/t13-,15-/m0/s1. The van der Waals surface area contributed by atoms with Crippen LogP contribution in [0, 0.1) is 11.8 Å². The van der Waals surface area contributed by atoms with Crippen molar-refractivity contribution in [1.82, 2.24) is 4.90 Å². The molecule has 5 nitrogen and oxygen atoms in total. The van der Waals surface area contributed by atoms with Crippen LogP contribution in [-0.2, 0) is 16.0 Å². The van der Waals surface area contributed by atoms with Crippen molar-refractivity contribution in [2.24, 2.45) is 11.8 Å². The van der Waals surface area contributed by atoms with Crippen LogP contribution in [0.4, 0.5) is 0 Å². The number of carboxylic acids is 1. The molecule has 1 fully saturated rings. The highest BCUT2D eigenvalue weighted by atomic mass is 16.5. The van der Waals surface area contributed by atoms with Crippen LogP contribution >= 0.6 is 0 Å². The highest BCUT2D eigenvalue weighted by Gasteiger charge is 2.28. The van der Waals surface area contributed by atoms with Crippen molar-refractivity contribution in [3.63, 3.8) is 0 Å². The van der Waals surface area contributed by atoms with Gasteiger partial charge in [0.2, 0.25) is 5.91 Å². The molecule has 0 bridgehead atoms. The van der Waals surface area contributed by atoms with Gasteiger partial charge in [-0.2, -0.15) is 0 Å². The molecule has 5 heteroatoms. The van der Waals surface area contributed by atoms with E-state index in [2.05, 4.69) is 0 Å². The van der Waals surface area contributed by atoms with Crippen molar-refractivity contribution < 1.29 is 19.4 Å². The van der Waals surface area contributed by atoms with Gasteiger partial charge in [0, 0.05) is 19.5 Å². The number of carbonyl (C=O) groups is 2. The zero-order valence-corrected chi connectivity index (χ0v) is 13.8. The third-order valence-electron chi connectivity index (χ3n) is 4.41. The number of nitrogens with zero attached hydrogens (tertiary/aromatic N) is 1. The van der Waals surface area contributed by atoms with Crippen LogP contribution in [0.25, 0.3) is 0 Å². The topological polar surface area (TPSA) is 66.8 Å². The Hall–Kier alpha value is -2.04. The quantitative estimate of drug-likeness (QED) is 0.875. The minimum Gasteiger partial charge on any atom is -0.496 e. The molecule has 1 aromatic rings. The van der Waals surface area contributed by atoms with Crippen LogP contribution in [0.3, 0.4) is 0 Å². The van der Waals surface area contributed by atoms with E-state index in [0.29, 0.717) is 25.9 Å². The van der Waals surface area contributed by atoms with Gasteiger partial charge < -0.3 is 14.7 Å². The number of likely N-dealkylation sites (tertiary alicyclic amines) is 1. The smallest absolute Gasteiger partial charge is 0.308 e. The first-order valence-electron chi connectivity index (χ1n) is 8.13. The molecule has 2 atom stereocenters. The molecule has 126 valence electrons. The molecule has 2 rings (SSSR count). The number of hydrogen-bond donors (Lipinski definition) is 1. The van der Waals surface area contributed by atoms with Crippen molar-refractivity contribution >= 4 is 11.9 Å². The zero-order chi connectivity index (χ0) is 16.8. The van der Waals surface area contributed by atoms with E-state index < -0.39 is 11.9 Å². The van der Waals surface area contributed by atoms with E-state index in [1.54, 1.807) is 12.0 Å². The van der Waals surface area contributed by atoms with E-state index >= 15 is 0 Å². The lowest BCUT2D eigenvalue weighted by atomic mass is 9.94. The Morgan fingerprint density at radius 1 is 1.39 bits per heavy atom. The molecular weight excluding hydrogens is 294 g/mol. The molecule has 1 aliphatic heterocycles. The predicted molar refractivity (Wildman–Crippen MR) is 87.4 cm³/mol. The molecule has 1 aromatic carbocycles. The maximum Gasteiger partial charge on any atom is 0.308 e. The van der Waals surface area contributed by atoms with Crippen LogP contribution in [0.1, 0.15) is 31.7 Å². The molecule has 1 aliphatic rings. The lowest BCUT2D eigenvalue weighted by Crippen LogP contribution is -2.42. The minimum absolute atomic E-state index is 0.0540. The van der Waals surface area contributed by atoms with Crippen LogP contribution in [0.15, 0.2) is 24.3 Å². The third kappa shape index (κ3) is 4.71. The Bertz CT molecular complexity index is 558. The normalized spacial score (nSPS) is 19.2.